The molecule has 31 heavy (non-hydrogen) atoms. The lowest BCUT2D eigenvalue weighted by molar-refractivity contribution is -0.137. The van der Waals surface area contributed by atoms with Gasteiger partial charge in [-0.25, -0.2) is 9.97 Å². The second-order valence-electron chi connectivity index (χ2n) is 7.75. The average Bonchev–Trinajstić information content (AvgIpc) is 3.13. The van der Waals surface area contributed by atoms with Gasteiger partial charge in [0.25, 0.3) is 0 Å². The Morgan fingerprint density at radius 2 is 1.74 bits per heavy atom. The molecule has 5 rings (SSSR count). The van der Waals surface area contributed by atoms with Gasteiger partial charge in [-0.1, -0.05) is 36.4 Å². The fourth-order valence-corrected chi connectivity index (χ4v) is 5.34. The summed E-state index contributed by atoms with van der Waals surface area (Å²) in [7, 11) is 0. The molecule has 7 heteroatoms. The van der Waals surface area contributed by atoms with Crippen molar-refractivity contribution in [2.24, 2.45) is 0 Å². The van der Waals surface area contributed by atoms with E-state index in [9.17, 15) is 13.2 Å². The van der Waals surface area contributed by atoms with Gasteiger partial charge in [0.1, 0.15) is 16.5 Å². The highest BCUT2D eigenvalue weighted by atomic mass is 32.1. The minimum Gasteiger partial charge on any atom is -0.340 e. The van der Waals surface area contributed by atoms with Crippen molar-refractivity contribution in [3.05, 3.63) is 82.0 Å². The number of anilines is 2. The maximum absolute atomic E-state index is 13.2. The van der Waals surface area contributed by atoms with Crippen LogP contribution in [0.1, 0.15) is 40.2 Å². The van der Waals surface area contributed by atoms with E-state index in [0.717, 1.165) is 53.6 Å². The van der Waals surface area contributed by atoms with Crippen LogP contribution in [0, 0.1) is 0 Å². The van der Waals surface area contributed by atoms with E-state index in [1.165, 1.54) is 16.5 Å². The molecule has 2 heterocycles. The second-order valence-corrected chi connectivity index (χ2v) is 8.83. The molecule has 1 aliphatic carbocycles. The van der Waals surface area contributed by atoms with Crippen molar-refractivity contribution >= 4 is 33.1 Å². The number of aromatic nitrogens is 2. The van der Waals surface area contributed by atoms with Gasteiger partial charge in [0.2, 0.25) is 0 Å². The van der Waals surface area contributed by atoms with Gasteiger partial charge >= 0.3 is 6.18 Å². The van der Waals surface area contributed by atoms with Crippen LogP contribution < -0.4 is 5.32 Å². The lowest BCUT2D eigenvalue weighted by atomic mass is 9.97. The Hall–Kier alpha value is -2.93. The second kappa shape index (κ2) is 7.96. The molecule has 158 valence electrons. The Morgan fingerprint density at radius 3 is 2.55 bits per heavy atom. The molecule has 0 radical (unpaired) electrons. The van der Waals surface area contributed by atoms with Crippen molar-refractivity contribution in [1.29, 1.82) is 0 Å². The molecule has 0 atom stereocenters. The quantitative estimate of drug-likeness (QED) is 0.375. The number of nitrogens with zero attached hydrogens (tertiary/aromatic N) is 2. The predicted molar refractivity (Wildman–Crippen MR) is 118 cm³/mol. The van der Waals surface area contributed by atoms with E-state index in [1.807, 2.05) is 30.3 Å². The van der Waals surface area contributed by atoms with Gasteiger partial charge in [0.15, 0.2) is 0 Å². The van der Waals surface area contributed by atoms with Crippen LogP contribution >= 0.6 is 11.3 Å². The summed E-state index contributed by atoms with van der Waals surface area (Å²) in [5.41, 5.74) is 2.02. The van der Waals surface area contributed by atoms with Gasteiger partial charge in [0.05, 0.1) is 10.9 Å². The smallest absolute Gasteiger partial charge is 0.340 e. The molecule has 1 N–H and O–H groups in total. The molecule has 1 aliphatic rings. The van der Waals surface area contributed by atoms with Gasteiger partial charge in [-0.05, 0) is 55.0 Å². The molecule has 0 amide bonds. The monoisotopic (exact) mass is 439 g/mol. The van der Waals surface area contributed by atoms with Crippen LogP contribution in [0.15, 0.2) is 54.6 Å². The lowest BCUT2D eigenvalue weighted by Crippen LogP contribution is -2.07. The molecule has 3 nitrogen and oxygen atoms in total. The molecule has 0 bridgehead atoms. The average molecular weight is 440 g/mol. The highest BCUT2D eigenvalue weighted by Crippen LogP contribution is 2.40. The first-order chi connectivity index (χ1) is 15.0. The number of aryl methyl sites for hydroxylation is 2. The largest absolute Gasteiger partial charge is 0.416 e. The third-order valence-corrected chi connectivity index (χ3v) is 6.70. The Balaban J connectivity index is 1.60. The van der Waals surface area contributed by atoms with Crippen molar-refractivity contribution in [2.45, 2.75) is 38.3 Å². The fraction of sp³-hybridized carbons (Fsp3) is 0.250. The zero-order valence-corrected chi connectivity index (χ0v) is 17.5. The molecule has 0 aliphatic heterocycles. The normalized spacial score (nSPS) is 13.9. The molecular weight excluding hydrogens is 419 g/mol. The summed E-state index contributed by atoms with van der Waals surface area (Å²) in [6.07, 6.45) is 0.408. The van der Waals surface area contributed by atoms with Gasteiger partial charge in [-0.3, -0.25) is 0 Å². The number of thiophene rings is 1. The highest BCUT2D eigenvalue weighted by molar-refractivity contribution is 7.19. The Bertz CT molecular complexity index is 1230. The molecular formula is C24H20F3N3S. The van der Waals surface area contributed by atoms with E-state index in [4.69, 9.17) is 9.97 Å². The minimum absolute atomic E-state index is 0.372. The van der Waals surface area contributed by atoms with Gasteiger partial charge < -0.3 is 5.32 Å². The van der Waals surface area contributed by atoms with Crippen LogP contribution in [0.2, 0.25) is 0 Å². The van der Waals surface area contributed by atoms with E-state index in [2.05, 4.69) is 5.32 Å². The zero-order chi connectivity index (χ0) is 21.4. The summed E-state index contributed by atoms with van der Waals surface area (Å²) in [6.45, 7) is 0. The fourth-order valence-electron chi connectivity index (χ4n) is 4.06. The highest BCUT2D eigenvalue weighted by Gasteiger charge is 2.30. The molecule has 2 aromatic heterocycles. The third kappa shape index (κ3) is 4.14. The summed E-state index contributed by atoms with van der Waals surface area (Å²) in [5, 5.41) is 4.13. The van der Waals surface area contributed by atoms with Gasteiger partial charge in [0, 0.05) is 17.0 Å². The topological polar surface area (TPSA) is 37.8 Å². The first-order valence-corrected chi connectivity index (χ1v) is 11.1. The Morgan fingerprint density at radius 1 is 0.935 bits per heavy atom. The number of rotatable bonds is 4. The summed E-state index contributed by atoms with van der Waals surface area (Å²) in [5.74, 6) is 1.25. The maximum atomic E-state index is 13.2. The van der Waals surface area contributed by atoms with E-state index >= 15 is 0 Å². The van der Waals surface area contributed by atoms with Crippen LogP contribution in [-0.4, -0.2) is 9.97 Å². The Kier molecular flexibility index (Phi) is 5.14. The number of alkyl halides is 3. The molecule has 4 aromatic rings. The summed E-state index contributed by atoms with van der Waals surface area (Å²) >= 11 is 1.69. The molecule has 0 saturated heterocycles. The number of hydrogen-bond donors (Lipinski definition) is 1. The first kappa shape index (κ1) is 20.0. The Labute approximate surface area is 182 Å². The molecule has 0 spiro atoms. The third-order valence-electron chi connectivity index (χ3n) is 5.52. The maximum Gasteiger partial charge on any atom is 0.416 e. The van der Waals surface area contributed by atoms with E-state index < -0.39 is 11.7 Å². The van der Waals surface area contributed by atoms with Crippen molar-refractivity contribution in [2.75, 3.05) is 5.32 Å². The van der Waals surface area contributed by atoms with Crippen LogP contribution in [0.5, 0.6) is 0 Å². The van der Waals surface area contributed by atoms with Gasteiger partial charge in [-0.15, -0.1) is 11.3 Å². The summed E-state index contributed by atoms with van der Waals surface area (Å²) in [4.78, 5) is 11.8. The summed E-state index contributed by atoms with van der Waals surface area (Å²) in [6, 6.07) is 15.2. The first-order valence-electron chi connectivity index (χ1n) is 10.3. The van der Waals surface area contributed by atoms with Gasteiger partial charge in [-0.2, -0.15) is 13.2 Å². The SMILES string of the molecule is FC(F)(F)c1cccc(Nc2nc(Cc3ccccc3)nc3sc4c(c23)CCCC4)c1. The van der Waals surface area contributed by atoms with Crippen LogP contribution in [-0.2, 0) is 25.4 Å². The van der Waals surface area contributed by atoms with E-state index in [-0.39, 0.29) is 0 Å². The van der Waals surface area contributed by atoms with Crippen molar-refractivity contribution in [3.8, 4) is 0 Å². The number of fused-ring (bicyclic) bond motifs is 3. The summed E-state index contributed by atoms with van der Waals surface area (Å²) < 4.78 is 39.6. The number of hydrogen-bond acceptors (Lipinski definition) is 4. The van der Waals surface area contributed by atoms with Crippen molar-refractivity contribution < 1.29 is 13.2 Å². The lowest BCUT2D eigenvalue weighted by Gasteiger charge is -2.14. The van der Waals surface area contributed by atoms with Crippen LogP contribution in [0.4, 0.5) is 24.7 Å². The van der Waals surface area contributed by atoms with Crippen LogP contribution in [0.3, 0.4) is 0 Å². The molecule has 2 aromatic carbocycles. The molecule has 0 fully saturated rings. The number of benzene rings is 2. The molecule has 0 unspecified atom stereocenters. The standard InChI is InChI=1S/C24H20F3N3S/c25-24(26,27)16-9-6-10-17(14-16)28-22-21-18-11-4-5-12-19(18)31-23(21)30-20(29-22)13-15-7-2-1-3-8-15/h1-3,6-10,14H,4-5,11-13H2,(H,28,29,30). The predicted octanol–water partition coefficient (Wildman–Crippen LogP) is 6.92. The minimum atomic E-state index is -4.39. The number of halogens is 3. The van der Waals surface area contributed by atoms with E-state index in [1.54, 1.807) is 17.4 Å². The van der Waals surface area contributed by atoms with E-state index in [0.29, 0.717) is 23.8 Å². The zero-order valence-electron chi connectivity index (χ0n) is 16.7. The van der Waals surface area contributed by atoms with Crippen molar-refractivity contribution in [1.82, 2.24) is 9.97 Å². The van der Waals surface area contributed by atoms with Crippen LogP contribution in [0.25, 0.3) is 10.2 Å². The number of nitrogens with one attached hydrogen (secondary N) is 1. The van der Waals surface area contributed by atoms with Crippen molar-refractivity contribution in [3.63, 3.8) is 0 Å². The molecule has 0 saturated carbocycles.